The topological polar surface area (TPSA) is 37.4 Å². The van der Waals surface area contributed by atoms with E-state index < -0.39 is 10.0 Å². The summed E-state index contributed by atoms with van der Waals surface area (Å²) in [7, 11) is -3.37. The molecular formula is C18H19NO2S. The molecule has 0 saturated heterocycles. The molecule has 1 aliphatic heterocycles. The maximum atomic E-state index is 12.6. The van der Waals surface area contributed by atoms with Gasteiger partial charge < -0.3 is 0 Å². The van der Waals surface area contributed by atoms with Crippen molar-refractivity contribution in [1.29, 1.82) is 0 Å². The Balaban J connectivity index is 2.14. The number of sulfonamides is 1. The van der Waals surface area contributed by atoms with Crippen LogP contribution in [0.4, 0.5) is 0 Å². The van der Waals surface area contributed by atoms with Crippen LogP contribution in [0, 0.1) is 6.92 Å². The Morgan fingerprint density at radius 1 is 1.09 bits per heavy atom. The molecule has 0 bridgehead atoms. The highest BCUT2D eigenvalue weighted by molar-refractivity contribution is 7.89. The first-order chi connectivity index (χ1) is 10.5. The average molecular weight is 313 g/mol. The summed E-state index contributed by atoms with van der Waals surface area (Å²) in [4.78, 5) is 0.404. The van der Waals surface area contributed by atoms with Crippen molar-refractivity contribution in [3.05, 3.63) is 65.2 Å². The molecule has 114 valence electrons. The van der Waals surface area contributed by atoms with Gasteiger partial charge in [0.15, 0.2) is 0 Å². The Morgan fingerprint density at radius 3 is 2.45 bits per heavy atom. The second kappa shape index (κ2) is 5.71. The number of benzene rings is 2. The van der Waals surface area contributed by atoms with E-state index in [1.54, 1.807) is 12.1 Å². The lowest BCUT2D eigenvalue weighted by Crippen LogP contribution is -2.36. The number of hydrogen-bond donors (Lipinski definition) is 0. The lowest BCUT2D eigenvalue weighted by Gasteiger charge is -2.29. The SMILES string of the molecule is CCN1C/C(=C\c2ccc(C)cc2)c2ccccc2S1(=O)=O. The second-order valence-corrected chi connectivity index (χ2v) is 7.41. The van der Waals surface area contributed by atoms with Crippen LogP contribution in [-0.4, -0.2) is 25.8 Å². The molecule has 0 spiro atoms. The summed E-state index contributed by atoms with van der Waals surface area (Å²) in [6, 6.07) is 15.5. The summed E-state index contributed by atoms with van der Waals surface area (Å²) < 4.78 is 26.7. The number of nitrogens with zero attached hydrogens (tertiary/aromatic N) is 1. The molecule has 2 aromatic rings. The number of hydrogen-bond acceptors (Lipinski definition) is 2. The van der Waals surface area contributed by atoms with Crippen LogP contribution in [0.3, 0.4) is 0 Å². The van der Waals surface area contributed by atoms with Crippen LogP contribution < -0.4 is 0 Å². The van der Waals surface area contributed by atoms with E-state index in [1.807, 2.05) is 19.1 Å². The van der Waals surface area contributed by atoms with Crippen molar-refractivity contribution in [2.24, 2.45) is 0 Å². The van der Waals surface area contributed by atoms with E-state index in [0.29, 0.717) is 18.0 Å². The van der Waals surface area contributed by atoms with Crippen LogP contribution in [0.25, 0.3) is 11.6 Å². The number of fused-ring (bicyclic) bond motifs is 1. The summed E-state index contributed by atoms with van der Waals surface area (Å²) in [6.45, 7) is 4.82. The highest BCUT2D eigenvalue weighted by Crippen LogP contribution is 2.33. The Kier molecular flexibility index (Phi) is 3.89. The summed E-state index contributed by atoms with van der Waals surface area (Å²) in [5, 5.41) is 0. The van der Waals surface area contributed by atoms with Crippen LogP contribution in [0.5, 0.6) is 0 Å². The monoisotopic (exact) mass is 313 g/mol. The van der Waals surface area contributed by atoms with Gasteiger partial charge in [0.1, 0.15) is 0 Å². The van der Waals surface area contributed by atoms with E-state index >= 15 is 0 Å². The highest BCUT2D eigenvalue weighted by atomic mass is 32.2. The summed E-state index contributed by atoms with van der Waals surface area (Å²) in [6.07, 6.45) is 2.08. The molecule has 3 nitrogen and oxygen atoms in total. The molecular weight excluding hydrogens is 294 g/mol. The first kappa shape index (κ1) is 15.0. The van der Waals surface area contributed by atoms with Gasteiger partial charge in [-0.2, -0.15) is 4.31 Å². The fourth-order valence-electron chi connectivity index (χ4n) is 2.73. The van der Waals surface area contributed by atoms with Crippen LogP contribution >= 0.6 is 0 Å². The van der Waals surface area contributed by atoms with E-state index in [0.717, 1.165) is 16.7 Å². The lowest BCUT2D eigenvalue weighted by molar-refractivity contribution is 0.457. The van der Waals surface area contributed by atoms with Gasteiger partial charge in [-0.05, 0) is 35.8 Å². The summed E-state index contributed by atoms with van der Waals surface area (Å²) >= 11 is 0. The number of rotatable bonds is 2. The van der Waals surface area contributed by atoms with Crippen LogP contribution in [-0.2, 0) is 10.0 Å². The molecule has 3 rings (SSSR count). The number of likely N-dealkylation sites (N-methyl/N-ethyl adjacent to an activating group) is 1. The third-order valence-corrected chi connectivity index (χ3v) is 5.95. The van der Waals surface area contributed by atoms with Gasteiger partial charge in [-0.3, -0.25) is 0 Å². The van der Waals surface area contributed by atoms with Crippen LogP contribution in [0.15, 0.2) is 53.4 Å². The van der Waals surface area contributed by atoms with E-state index in [4.69, 9.17) is 0 Å². The van der Waals surface area contributed by atoms with Crippen molar-refractivity contribution in [3.63, 3.8) is 0 Å². The van der Waals surface area contributed by atoms with Gasteiger partial charge in [0.2, 0.25) is 10.0 Å². The quantitative estimate of drug-likeness (QED) is 0.850. The van der Waals surface area contributed by atoms with Crippen molar-refractivity contribution in [2.45, 2.75) is 18.7 Å². The summed E-state index contributed by atoms with van der Waals surface area (Å²) in [5.74, 6) is 0. The van der Waals surface area contributed by atoms with Crippen molar-refractivity contribution in [2.75, 3.05) is 13.1 Å². The van der Waals surface area contributed by atoms with Gasteiger partial charge in [-0.15, -0.1) is 0 Å². The van der Waals surface area contributed by atoms with E-state index in [-0.39, 0.29) is 0 Å². The Bertz CT molecular complexity index is 820. The van der Waals surface area contributed by atoms with E-state index in [2.05, 4.69) is 37.3 Å². The van der Waals surface area contributed by atoms with Crippen molar-refractivity contribution in [3.8, 4) is 0 Å². The third-order valence-electron chi connectivity index (χ3n) is 3.97. The molecule has 0 atom stereocenters. The highest BCUT2D eigenvalue weighted by Gasteiger charge is 2.32. The molecule has 22 heavy (non-hydrogen) atoms. The molecule has 0 aliphatic carbocycles. The molecule has 0 saturated carbocycles. The maximum absolute atomic E-state index is 12.6. The van der Waals surface area contributed by atoms with Crippen molar-refractivity contribution >= 4 is 21.7 Å². The molecule has 0 N–H and O–H groups in total. The fourth-order valence-corrected chi connectivity index (χ4v) is 4.38. The minimum atomic E-state index is -3.37. The molecule has 2 aromatic carbocycles. The molecule has 0 radical (unpaired) electrons. The van der Waals surface area contributed by atoms with Gasteiger partial charge in [0, 0.05) is 13.1 Å². The van der Waals surface area contributed by atoms with Gasteiger partial charge in [0.05, 0.1) is 4.90 Å². The normalized spacial score (nSPS) is 19.1. The average Bonchev–Trinajstić information content (AvgIpc) is 2.52. The van der Waals surface area contributed by atoms with Crippen LogP contribution in [0.1, 0.15) is 23.6 Å². The Labute approximate surface area is 132 Å². The van der Waals surface area contributed by atoms with E-state index in [1.165, 1.54) is 9.87 Å². The second-order valence-electron chi connectivity index (χ2n) is 5.51. The van der Waals surface area contributed by atoms with Crippen molar-refractivity contribution in [1.82, 2.24) is 4.31 Å². The van der Waals surface area contributed by atoms with E-state index in [9.17, 15) is 8.42 Å². The molecule has 0 unspecified atom stereocenters. The van der Waals surface area contributed by atoms with Gasteiger partial charge in [0.25, 0.3) is 0 Å². The predicted octanol–water partition coefficient (Wildman–Crippen LogP) is 3.56. The van der Waals surface area contributed by atoms with Gasteiger partial charge in [-0.1, -0.05) is 55.0 Å². The fraction of sp³-hybridized carbons (Fsp3) is 0.222. The molecule has 0 fully saturated rings. The molecule has 0 amide bonds. The Hall–Kier alpha value is -1.91. The zero-order chi connectivity index (χ0) is 15.7. The maximum Gasteiger partial charge on any atom is 0.243 e. The molecule has 4 heteroatoms. The largest absolute Gasteiger partial charge is 0.243 e. The summed E-state index contributed by atoms with van der Waals surface area (Å²) in [5.41, 5.74) is 4.15. The predicted molar refractivity (Wildman–Crippen MR) is 89.9 cm³/mol. The molecule has 0 aromatic heterocycles. The smallest absolute Gasteiger partial charge is 0.207 e. The Morgan fingerprint density at radius 2 is 1.77 bits per heavy atom. The van der Waals surface area contributed by atoms with Gasteiger partial charge in [-0.25, -0.2) is 8.42 Å². The zero-order valence-corrected chi connectivity index (χ0v) is 13.6. The molecule has 1 aliphatic rings. The lowest BCUT2D eigenvalue weighted by atomic mass is 10.0. The zero-order valence-electron chi connectivity index (χ0n) is 12.8. The first-order valence-corrected chi connectivity index (χ1v) is 8.83. The minimum Gasteiger partial charge on any atom is -0.207 e. The number of aryl methyl sites for hydroxylation is 1. The third kappa shape index (κ3) is 2.60. The molecule has 1 heterocycles. The first-order valence-electron chi connectivity index (χ1n) is 7.39. The van der Waals surface area contributed by atoms with Crippen molar-refractivity contribution < 1.29 is 8.42 Å². The van der Waals surface area contributed by atoms with Gasteiger partial charge >= 0.3 is 0 Å². The minimum absolute atomic E-state index is 0.404. The van der Waals surface area contributed by atoms with Crippen LogP contribution in [0.2, 0.25) is 0 Å². The standard InChI is InChI=1S/C18H19NO2S/c1-3-19-13-16(12-15-10-8-14(2)9-11-15)17-6-4-5-7-18(17)22(19,20)21/h4-12H,3,13H2,1-2H3/b16-12+.